The molecule has 88 valence electrons. The highest BCUT2D eigenvalue weighted by Crippen LogP contribution is 2.35. The summed E-state index contributed by atoms with van der Waals surface area (Å²) in [6.07, 6.45) is -1.64. The lowest BCUT2D eigenvalue weighted by Gasteiger charge is -2.14. The molecule has 2 N–H and O–H groups in total. The second-order valence-corrected chi connectivity index (χ2v) is 3.82. The van der Waals surface area contributed by atoms with Crippen LogP contribution in [0.4, 0.5) is 0 Å². The average Bonchev–Trinajstić information content (AvgIpc) is 2.27. The third kappa shape index (κ3) is 2.45. The van der Waals surface area contributed by atoms with Crippen LogP contribution in [0, 0.1) is 0 Å². The fourth-order valence-electron chi connectivity index (χ4n) is 1.23. The SMILES string of the molecule is COc1cc([C@@H](O)C(=O)O)c(OC)cc1Br. The Balaban J connectivity index is 3.29. The molecule has 0 saturated carbocycles. The highest BCUT2D eigenvalue weighted by atomic mass is 79.9. The van der Waals surface area contributed by atoms with Crippen molar-refractivity contribution in [3.05, 3.63) is 22.2 Å². The number of carboxylic acids is 1. The van der Waals surface area contributed by atoms with Crippen LogP contribution in [0.5, 0.6) is 11.5 Å². The molecule has 0 aromatic heterocycles. The van der Waals surface area contributed by atoms with Gasteiger partial charge in [0.15, 0.2) is 6.10 Å². The Morgan fingerprint density at radius 3 is 2.31 bits per heavy atom. The van der Waals surface area contributed by atoms with Crippen molar-refractivity contribution in [2.24, 2.45) is 0 Å². The molecule has 0 amide bonds. The Labute approximate surface area is 101 Å². The van der Waals surface area contributed by atoms with Gasteiger partial charge >= 0.3 is 5.97 Å². The predicted molar refractivity (Wildman–Crippen MR) is 59.8 cm³/mol. The summed E-state index contributed by atoms with van der Waals surface area (Å²) >= 11 is 3.23. The van der Waals surface area contributed by atoms with Crippen LogP contribution in [-0.2, 0) is 4.79 Å². The van der Waals surface area contributed by atoms with Gasteiger partial charge in [-0.25, -0.2) is 4.79 Å². The number of aliphatic carboxylic acids is 1. The number of carbonyl (C=O) groups is 1. The maximum atomic E-state index is 10.7. The number of benzene rings is 1. The van der Waals surface area contributed by atoms with Crippen molar-refractivity contribution >= 4 is 21.9 Å². The van der Waals surface area contributed by atoms with Gasteiger partial charge in [0.05, 0.1) is 18.7 Å². The Hall–Kier alpha value is -1.27. The van der Waals surface area contributed by atoms with Crippen LogP contribution < -0.4 is 9.47 Å². The number of methoxy groups -OCH3 is 2. The molecule has 1 atom stereocenters. The summed E-state index contributed by atoms with van der Waals surface area (Å²) in [6.45, 7) is 0. The predicted octanol–water partition coefficient (Wildman–Crippen LogP) is 1.58. The van der Waals surface area contributed by atoms with Crippen molar-refractivity contribution in [3.63, 3.8) is 0 Å². The van der Waals surface area contributed by atoms with Gasteiger partial charge < -0.3 is 19.7 Å². The Morgan fingerprint density at radius 1 is 1.31 bits per heavy atom. The fraction of sp³-hybridized carbons (Fsp3) is 0.300. The molecule has 16 heavy (non-hydrogen) atoms. The maximum absolute atomic E-state index is 10.7. The molecule has 5 nitrogen and oxygen atoms in total. The second kappa shape index (κ2) is 5.18. The molecule has 0 aliphatic rings. The van der Waals surface area contributed by atoms with Gasteiger partial charge in [0, 0.05) is 5.56 Å². The van der Waals surface area contributed by atoms with Crippen molar-refractivity contribution < 1.29 is 24.5 Å². The zero-order valence-electron chi connectivity index (χ0n) is 8.73. The van der Waals surface area contributed by atoms with Gasteiger partial charge in [-0.3, -0.25) is 0 Å². The summed E-state index contributed by atoms with van der Waals surface area (Å²) in [5.41, 5.74) is 0.148. The lowest BCUT2D eigenvalue weighted by molar-refractivity contribution is -0.147. The van der Waals surface area contributed by atoms with Crippen LogP contribution in [0.25, 0.3) is 0 Å². The lowest BCUT2D eigenvalue weighted by atomic mass is 10.1. The molecular formula is C10H11BrO5. The van der Waals surface area contributed by atoms with E-state index in [1.807, 2.05) is 0 Å². The van der Waals surface area contributed by atoms with Gasteiger partial charge in [-0.2, -0.15) is 0 Å². The van der Waals surface area contributed by atoms with Crippen molar-refractivity contribution in [3.8, 4) is 11.5 Å². The molecule has 0 unspecified atom stereocenters. The molecule has 0 spiro atoms. The number of hydrogen-bond acceptors (Lipinski definition) is 4. The van der Waals surface area contributed by atoms with Crippen molar-refractivity contribution in [1.82, 2.24) is 0 Å². The number of aliphatic hydroxyl groups is 1. The second-order valence-electron chi connectivity index (χ2n) is 2.97. The molecule has 0 saturated heterocycles. The normalized spacial score (nSPS) is 12.0. The van der Waals surface area contributed by atoms with E-state index in [1.165, 1.54) is 20.3 Å². The van der Waals surface area contributed by atoms with Crippen LogP contribution in [0.1, 0.15) is 11.7 Å². The first kappa shape index (κ1) is 12.8. The summed E-state index contributed by atoms with van der Waals surface area (Å²) in [4.78, 5) is 10.7. The average molecular weight is 291 g/mol. The minimum absolute atomic E-state index is 0.148. The lowest BCUT2D eigenvalue weighted by Crippen LogP contribution is -2.12. The monoisotopic (exact) mass is 290 g/mol. The van der Waals surface area contributed by atoms with E-state index in [2.05, 4.69) is 15.9 Å². The molecule has 1 rings (SSSR count). The van der Waals surface area contributed by atoms with E-state index in [4.69, 9.17) is 14.6 Å². The maximum Gasteiger partial charge on any atom is 0.337 e. The van der Waals surface area contributed by atoms with E-state index in [-0.39, 0.29) is 11.3 Å². The molecule has 6 heteroatoms. The molecule has 0 fully saturated rings. The van der Waals surface area contributed by atoms with Gasteiger partial charge in [0.2, 0.25) is 0 Å². The highest BCUT2D eigenvalue weighted by molar-refractivity contribution is 9.10. The molecular weight excluding hydrogens is 280 g/mol. The molecule has 0 radical (unpaired) electrons. The van der Waals surface area contributed by atoms with Crippen molar-refractivity contribution in [1.29, 1.82) is 0 Å². The topological polar surface area (TPSA) is 76.0 Å². The molecule has 1 aromatic rings. The van der Waals surface area contributed by atoms with Gasteiger partial charge in [0.25, 0.3) is 0 Å². The Kier molecular flexibility index (Phi) is 4.14. The highest BCUT2D eigenvalue weighted by Gasteiger charge is 2.22. The molecule has 0 bridgehead atoms. The number of halogens is 1. The van der Waals surface area contributed by atoms with Gasteiger partial charge in [-0.15, -0.1) is 0 Å². The van der Waals surface area contributed by atoms with E-state index in [0.717, 1.165) is 0 Å². The Bertz CT molecular complexity index is 404. The zero-order chi connectivity index (χ0) is 12.3. The summed E-state index contributed by atoms with van der Waals surface area (Å²) in [7, 11) is 2.84. The first-order valence-electron chi connectivity index (χ1n) is 4.33. The van der Waals surface area contributed by atoms with Crippen LogP contribution in [-0.4, -0.2) is 30.4 Å². The van der Waals surface area contributed by atoms with E-state index >= 15 is 0 Å². The number of rotatable bonds is 4. The first-order valence-corrected chi connectivity index (χ1v) is 5.12. The van der Waals surface area contributed by atoms with E-state index in [0.29, 0.717) is 10.2 Å². The van der Waals surface area contributed by atoms with Gasteiger partial charge in [0.1, 0.15) is 11.5 Å². The number of carboxylic acid groups (broad SMARTS) is 1. The van der Waals surface area contributed by atoms with Crippen LogP contribution >= 0.6 is 15.9 Å². The van der Waals surface area contributed by atoms with E-state index in [9.17, 15) is 9.90 Å². The van der Waals surface area contributed by atoms with Crippen LogP contribution in [0.2, 0.25) is 0 Å². The number of hydrogen-bond donors (Lipinski definition) is 2. The summed E-state index contributed by atoms with van der Waals surface area (Å²) < 4.78 is 10.6. The third-order valence-corrected chi connectivity index (χ3v) is 2.65. The van der Waals surface area contributed by atoms with Gasteiger partial charge in [-0.1, -0.05) is 0 Å². The minimum atomic E-state index is -1.64. The van der Waals surface area contributed by atoms with E-state index < -0.39 is 12.1 Å². The molecule has 0 heterocycles. The van der Waals surface area contributed by atoms with Crippen molar-refractivity contribution in [2.45, 2.75) is 6.10 Å². The summed E-state index contributed by atoms with van der Waals surface area (Å²) in [5.74, 6) is -0.638. The molecule has 0 aliphatic heterocycles. The van der Waals surface area contributed by atoms with Crippen molar-refractivity contribution in [2.75, 3.05) is 14.2 Å². The van der Waals surface area contributed by atoms with Gasteiger partial charge in [-0.05, 0) is 28.1 Å². The Morgan fingerprint density at radius 2 is 1.88 bits per heavy atom. The molecule has 1 aromatic carbocycles. The van der Waals surface area contributed by atoms with Crippen LogP contribution in [0.15, 0.2) is 16.6 Å². The summed E-state index contributed by atoms with van der Waals surface area (Å²) in [5, 5.41) is 18.2. The smallest absolute Gasteiger partial charge is 0.337 e. The number of ether oxygens (including phenoxy) is 2. The third-order valence-electron chi connectivity index (χ3n) is 2.03. The molecule has 0 aliphatic carbocycles. The first-order chi connectivity index (χ1) is 7.51. The quantitative estimate of drug-likeness (QED) is 0.881. The van der Waals surface area contributed by atoms with Crippen LogP contribution in [0.3, 0.4) is 0 Å². The summed E-state index contributed by atoms with van der Waals surface area (Å²) in [6, 6.07) is 2.96. The largest absolute Gasteiger partial charge is 0.496 e. The minimum Gasteiger partial charge on any atom is -0.496 e. The van der Waals surface area contributed by atoms with E-state index in [1.54, 1.807) is 6.07 Å². The standard InChI is InChI=1S/C10H11BrO5/c1-15-7-4-6(11)8(16-2)3-5(7)9(12)10(13)14/h3-4,9,12H,1-2H3,(H,13,14)/t9-/m1/s1. The fourth-order valence-corrected chi connectivity index (χ4v) is 1.72. The zero-order valence-corrected chi connectivity index (χ0v) is 10.3. The number of aliphatic hydroxyl groups excluding tert-OH is 1.